The second kappa shape index (κ2) is 5.75. The normalized spacial score (nSPS) is 10.4. The van der Waals surface area contributed by atoms with Crippen LogP contribution < -0.4 is 10.1 Å². The van der Waals surface area contributed by atoms with E-state index in [2.05, 4.69) is 15.5 Å². The zero-order valence-electron chi connectivity index (χ0n) is 10.9. The van der Waals surface area contributed by atoms with E-state index >= 15 is 0 Å². The van der Waals surface area contributed by atoms with E-state index in [9.17, 15) is 0 Å². The van der Waals surface area contributed by atoms with Gasteiger partial charge in [0.1, 0.15) is 5.75 Å². The molecule has 102 valence electrons. The quantitative estimate of drug-likeness (QED) is 0.779. The van der Waals surface area contributed by atoms with Gasteiger partial charge in [-0.2, -0.15) is 4.98 Å². The SMILES string of the molecule is COc1ccc(NCc2nc(-c3cccs3)no2)cc1. The van der Waals surface area contributed by atoms with Crippen molar-refractivity contribution in [2.24, 2.45) is 0 Å². The Morgan fingerprint density at radius 2 is 2.10 bits per heavy atom. The molecule has 0 bridgehead atoms. The molecule has 20 heavy (non-hydrogen) atoms. The summed E-state index contributed by atoms with van der Waals surface area (Å²) in [6.45, 7) is 0.491. The average Bonchev–Trinajstić information content (AvgIpc) is 3.16. The van der Waals surface area contributed by atoms with Crippen LogP contribution in [0.5, 0.6) is 5.75 Å². The minimum Gasteiger partial charge on any atom is -0.497 e. The number of aromatic nitrogens is 2. The fourth-order valence-electron chi connectivity index (χ4n) is 1.72. The number of hydrogen-bond acceptors (Lipinski definition) is 6. The van der Waals surface area contributed by atoms with Crippen molar-refractivity contribution in [1.29, 1.82) is 0 Å². The number of anilines is 1. The lowest BCUT2D eigenvalue weighted by Crippen LogP contribution is -1.99. The molecule has 3 aromatic rings. The molecule has 1 aromatic carbocycles. The van der Waals surface area contributed by atoms with Crippen LogP contribution in [0, 0.1) is 0 Å². The Kier molecular flexibility index (Phi) is 3.64. The zero-order chi connectivity index (χ0) is 13.8. The maximum absolute atomic E-state index is 5.21. The third-order valence-corrected chi connectivity index (χ3v) is 3.61. The summed E-state index contributed by atoms with van der Waals surface area (Å²) >= 11 is 1.59. The highest BCUT2D eigenvalue weighted by Gasteiger charge is 2.08. The van der Waals surface area contributed by atoms with Gasteiger partial charge in [-0.15, -0.1) is 11.3 Å². The number of thiophene rings is 1. The van der Waals surface area contributed by atoms with Crippen molar-refractivity contribution in [2.45, 2.75) is 6.54 Å². The van der Waals surface area contributed by atoms with Crippen molar-refractivity contribution < 1.29 is 9.26 Å². The molecular formula is C14H13N3O2S. The summed E-state index contributed by atoms with van der Waals surface area (Å²) < 4.78 is 10.3. The minimum atomic E-state index is 0.491. The van der Waals surface area contributed by atoms with Crippen LogP contribution in [-0.4, -0.2) is 17.3 Å². The van der Waals surface area contributed by atoms with E-state index in [0.29, 0.717) is 18.3 Å². The van der Waals surface area contributed by atoms with Gasteiger partial charge in [0.15, 0.2) is 0 Å². The molecule has 0 unspecified atom stereocenters. The molecule has 3 rings (SSSR count). The molecule has 0 amide bonds. The van der Waals surface area contributed by atoms with Crippen molar-refractivity contribution >= 4 is 17.0 Å². The van der Waals surface area contributed by atoms with Gasteiger partial charge in [-0.1, -0.05) is 11.2 Å². The Labute approximate surface area is 120 Å². The molecule has 0 saturated heterocycles. The molecule has 2 heterocycles. The highest BCUT2D eigenvalue weighted by Crippen LogP contribution is 2.21. The van der Waals surface area contributed by atoms with Crippen LogP contribution in [0.3, 0.4) is 0 Å². The molecule has 0 aliphatic rings. The summed E-state index contributed by atoms with van der Waals surface area (Å²) in [4.78, 5) is 5.35. The van der Waals surface area contributed by atoms with Gasteiger partial charge in [-0.3, -0.25) is 0 Å². The molecule has 0 fully saturated rings. The highest BCUT2D eigenvalue weighted by molar-refractivity contribution is 7.13. The Hall–Kier alpha value is -2.34. The lowest BCUT2D eigenvalue weighted by Gasteiger charge is -2.04. The maximum Gasteiger partial charge on any atom is 0.246 e. The fraction of sp³-hybridized carbons (Fsp3) is 0.143. The fourth-order valence-corrected chi connectivity index (χ4v) is 2.37. The third kappa shape index (κ3) is 2.80. The summed E-state index contributed by atoms with van der Waals surface area (Å²) in [5, 5.41) is 9.17. The summed E-state index contributed by atoms with van der Waals surface area (Å²) in [6.07, 6.45) is 0. The first-order valence-electron chi connectivity index (χ1n) is 6.09. The molecule has 0 saturated carbocycles. The van der Waals surface area contributed by atoms with Crippen LogP contribution >= 0.6 is 11.3 Å². The Balaban J connectivity index is 1.63. The minimum absolute atomic E-state index is 0.491. The van der Waals surface area contributed by atoms with E-state index in [1.807, 2.05) is 41.8 Å². The highest BCUT2D eigenvalue weighted by atomic mass is 32.1. The molecule has 6 heteroatoms. The molecular weight excluding hydrogens is 274 g/mol. The molecule has 1 N–H and O–H groups in total. The number of hydrogen-bond donors (Lipinski definition) is 1. The Morgan fingerprint density at radius 1 is 1.25 bits per heavy atom. The van der Waals surface area contributed by atoms with E-state index < -0.39 is 0 Å². The summed E-state index contributed by atoms with van der Waals surface area (Å²) in [5.41, 5.74) is 0.974. The topological polar surface area (TPSA) is 60.2 Å². The standard InChI is InChI=1S/C14H13N3O2S/c1-18-11-6-4-10(5-7-11)15-9-13-16-14(17-19-13)12-3-2-8-20-12/h2-8,15H,9H2,1H3. The van der Waals surface area contributed by atoms with E-state index in [0.717, 1.165) is 16.3 Å². The van der Waals surface area contributed by atoms with Crippen LogP contribution in [0.2, 0.25) is 0 Å². The second-order valence-corrected chi connectivity index (χ2v) is 5.02. The van der Waals surface area contributed by atoms with Gasteiger partial charge in [0, 0.05) is 5.69 Å². The first-order chi connectivity index (χ1) is 9.85. The van der Waals surface area contributed by atoms with E-state index in [-0.39, 0.29) is 0 Å². The number of nitrogens with zero attached hydrogens (tertiary/aromatic N) is 2. The van der Waals surface area contributed by atoms with Gasteiger partial charge in [-0.25, -0.2) is 0 Å². The summed E-state index contributed by atoms with van der Waals surface area (Å²) in [6, 6.07) is 11.6. The molecule has 0 spiro atoms. The molecule has 0 radical (unpaired) electrons. The van der Waals surface area contributed by atoms with Crippen molar-refractivity contribution in [3.05, 3.63) is 47.7 Å². The molecule has 0 aliphatic heterocycles. The van der Waals surface area contributed by atoms with Crippen LogP contribution in [-0.2, 0) is 6.54 Å². The smallest absolute Gasteiger partial charge is 0.246 e. The van der Waals surface area contributed by atoms with Crippen LogP contribution in [0.4, 0.5) is 5.69 Å². The van der Waals surface area contributed by atoms with Gasteiger partial charge >= 0.3 is 0 Å². The van der Waals surface area contributed by atoms with Crippen LogP contribution in [0.25, 0.3) is 10.7 Å². The molecule has 0 aliphatic carbocycles. The predicted molar refractivity (Wildman–Crippen MR) is 77.9 cm³/mol. The van der Waals surface area contributed by atoms with Crippen LogP contribution in [0.1, 0.15) is 5.89 Å². The first-order valence-corrected chi connectivity index (χ1v) is 6.97. The third-order valence-electron chi connectivity index (χ3n) is 2.74. The van der Waals surface area contributed by atoms with Gasteiger partial charge in [-0.05, 0) is 35.7 Å². The van der Waals surface area contributed by atoms with Crippen molar-refractivity contribution in [3.8, 4) is 16.5 Å². The number of nitrogens with one attached hydrogen (secondary N) is 1. The van der Waals surface area contributed by atoms with E-state index in [4.69, 9.17) is 9.26 Å². The van der Waals surface area contributed by atoms with Gasteiger partial charge in [0.25, 0.3) is 0 Å². The Bertz CT molecular complexity index is 662. The zero-order valence-corrected chi connectivity index (χ0v) is 11.7. The summed E-state index contributed by atoms with van der Waals surface area (Å²) in [7, 11) is 1.65. The maximum atomic E-state index is 5.21. The number of rotatable bonds is 5. The number of ether oxygens (including phenoxy) is 1. The number of methoxy groups -OCH3 is 1. The average molecular weight is 287 g/mol. The monoisotopic (exact) mass is 287 g/mol. The Morgan fingerprint density at radius 3 is 2.80 bits per heavy atom. The lowest BCUT2D eigenvalue weighted by molar-refractivity contribution is 0.384. The lowest BCUT2D eigenvalue weighted by atomic mass is 10.3. The first kappa shape index (κ1) is 12.7. The van der Waals surface area contributed by atoms with Crippen molar-refractivity contribution in [2.75, 3.05) is 12.4 Å². The second-order valence-electron chi connectivity index (χ2n) is 4.07. The van der Waals surface area contributed by atoms with Crippen molar-refractivity contribution in [3.63, 3.8) is 0 Å². The van der Waals surface area contributed by atoms with Gasteiger partial charge < -0.3 is 14.6 Å². The van der Waals surface area contributed by atoms with Crippen LogP contribution in [0.15, 0.2) is 46.3 Å². The molecule has 5 nitrogen and oxygen atoms in total. The van der Waals surface area contributed by atoms with Crippen molar-refractivity contribution in [1.82, 2.24) is 10.1 Å². The number of benzene rings is 1. The molecule has 2 aromatic heterocycles. The predicted octanol–water partition coefficient (Wildman–Crippen LogP) is 3.42. The van der Waals surface area contributed by atoms with Gasteiger partial charge in [0.05, 0.1) is 18.5 Å². The summed E-state index contributed by atoms with van der Waals surface area (Å²) in [5.74, 6) is 2.02. The van der Waals surface area contributed by atoms with Gasteiger partial charge in [0.2, 0.25) is 11.7 Å². The largest absolute Gasteiger partial charge is 0.497 e. The van der Waals surface area contributed by atoms with E-state index in [1.54, 1.807) is 18.4 Å². The molecule has 0 atom stereocenters. The van der Waals surface area contributed by atoms with E-state index in [1.165, 1.54) is 0 Å².